The Balaban J connectivity index is 2.80. The molecule has 0 aliphatic carbocycles. The van der Waals surface area contributed by atoms with E-state index < -0.39 is 0 Å². The molecule has 0 atom stereocenters. The van der Waals surface area contributed by atoms with Crippen molar-refractivity contribution in [1.82, 2.24) is 9.78 Å². The zero-order chi connectivity index (χ0) is 10.6. The molecule has 0 unspecified atom stereocenters. The lowest BCUT2D eigenvalue weighted by Crippen LogP contribution is -2.10. The molecule has 3 heteroatoms. The van der Waals surface area contributed by atoms with Gasteiger partial charge in [-0.2, -0.15) is 5.10 Å². The Hall–Kier alpha value is -0.500. The highest BCUT2D eigenvalue weighted by Gasteiger charge is 2.13. The molecule has 0 amide bonds. The Morgan fingerprint density at radius 2 is 1.93 bits per heavy atom. The third-order valence-corrected chi connectivity index (χ3v) is 2.68. The summed E-state index contributed by atoms with van der Waals surface area (Å²) >= 11 is 6.11. The predicted molar refractivity (Wildman–Crippen MR) is 60.8 cm³/mol. The van der Waals surface area contributed by atoms with Gasteiger partial charge in [0.1, 0.15) is 5.15 Å². The summed E-state index contributed by atoms with van der Waals surface area (Å²) in [5.74, 6) is 0. The molecule has 0 spiro atoms. The van der Waals surface area contributed by atoms with Gasteiger partial charge >= 0.3 is 0 Å². The number of aryl methyl sites for hydroxylation is 1. The lowest BCUT2D eigenvalue weighted by Gasteiger charge is -2.16. The van der Waals surface area contributed by atoms with Gasteiger partial charge in [-0.1, -0.05) is 38.3 Å². The summed E-state index contributed by atoms with van der Waals surface area (Å²) < 4.78 is 1.98. The van der Waals surface area contributed by atoms with Gasteiger partial charge in [0.15, 0.2) is 0 Å². The molecule has 0 saturated carbocycles. The second kappa shape index (κ2) is 5.40. The van der Waals surface area contributed by atoms with Crippen molar-refractivity contribution < 1.29 is 0 Å². The number of hydrogen-bond donors (Lipinski definition) is 0. The molecule has 0 radical (unpaired) electrons. The quantitative estimate of drug-likeness (QED) is 0.725. The van der Waals surface area contributed by atoms with E-state index in [0.717, 1.165) is 23.7 Å². The first-order chi connectivity index (χ1) is 6.69. The monoisotopic (exact) mass is 214 g/mol. The number of hydrogen-bond acceptors (Lipinski definition) is 1. The summed E-state index contributed by atoms with van der Waals surface area (Å²) in [7, 11) is 0. The van der Waals surface area contributed by atoms with Crippen molar-refractivity contribution in [2.45, 2.75) is 52.5 Å². The lowest BCUT2D eigenvalue weighted by atomic mass is 10.1. The summed E-state index contributed by atoms with van der Waals surface area (Å²) in [4.78, 5) is 0. The fraction of sp³-hybridized carbons (Fsp3) is 0.727. The molecule has 1 heterocycles. The number of nitrogens with zero attached hydrogens (tertiary/aromatic N) is 2. The van der Waals surface area contributed by atoms with E-state index in [-0.39, 0.29) is 0 Å². The Kier molecular flexibility index (Phi) is 4.46. The third-order valence-electron chi connectivity index (χ3n) is 2.40. The maximum atomic E-state index is 6.11. The van der Waals surface area contributed by atoms with Crippen molar-refractivity contribution in [3.8, 4) is 0 Å². The van der Waals surface area contributed by atoms with Gasteiger partial charge in [-0.3, -0.25) is 4.68 Å². The van der Waals surface area contributed by atoms with Crippen LogP contribution in [0.25, 0.3) is 0 Å². The molecule has 80 valence electrons. The van der Waals surface area contributed by atoms with Gasteiger partial charge in [-0.05, 0) is 25.8 Å². The smallest absolute Gasteiger partial charge is 0.127 e. The molecule has 0 aromatic carbocycles. The summed E-state index contributed by atoms with van der Waals surface area (Å²) in [6.07, 6.45) is 4.68. The first kappa shape index (κ1) is 11.6. The van der Waals surface area contributed by atoms with Crippen molar-refractivity contribution in [3.05, 3.63) is 16.9 Å². The molecule has 2 nitrogen and oxygen atoms in total. The van der Waals surface area contributed by atoms with E-state index >= 15 is 0 Å². The maximum Gasteiger partial charge on any atom is 0.127 e. The van der Waals surface area contributed by atoms with Gasteiger partial charge < -0.3 is 0 Å². The second-order valence-corrected chi connectivity index (χ2v) is 4.17. The van der Waals surface area contributed by atoms with Crippen LogP contribution in [0, 0.1) is 6.92 Å². The normalized spacial score (nSPS) is 11.2. The van der Waals surface area contributed by atoms with Crippen LogP contribution in [0.1, 0.15) is 51.3 Å². The molecule has 1 aromatic heterocycles. The molecule has 0 saturated heterocycles. The number of aromatic nitrogens is 2. The van der Waals surface area contributed by atoms with Crippen molar-refractivity contribution in [2.24, 2.45) is 0 Å². The molecule has 0 aliphatic heterocycles. The van der Waals surface area contributed by atoms with Crippen LogP contribution in [-0.4, -0.2) is 9.78 Å². The van der Waals surface area contributed by atoms with E-state index in [9.17, 15) is 0 Å². The van der Waals surface area contributed by atoms with Crippen LogP contribution in [-0.2, 0) is 0 Å². The molecule has 0 bridgehead atoms. The molecule has 1 aromatic rings. The Labute approximate surface area is 91.3 Å². The first-order valence-corrected chi connectivity index (χ1v) is 5.78. The molecule has 14 heavy (non-hydrogen) atoms. The Bertz CT molecular complexity index is 275. The van der Waals surface area contributed by atoms with Crippen molar-refractivity contribution in [3.63, 3.8) is 0 Å². The van der Waals surface area contributed by atoms with Crippen LogP contribution < -0.4 is 0 Å². The molecule has 1 rings (SSSR count). The highest BCUT2D eigenvalue weighted by molar-refractivity contribution is 6.29. The van der Waals surface area contributed by atoms with E-state index in [1.807, 2.05) is 17.7 Å². The van der Waals surface area contributed by atoms with Crippen LogP contribution in [0.2, 0.25) is 5.15 Å². The molecule has 0 N–H and O–H groups in total. The molecular formula is C11H19ClN2. The van der Waals surface area contributed by atoms with Gasteiger partial charge in [0.05, 0.1) is 11.7 Å². The fourth-order valence-corrected chi connectivity index (χ4v) is 2.13. The van der Waals surface area contributed by atoms with Gasteiger partial charge in [-0.15, -0.1) is 0 Å². The van der Waals surface area contributed by atoms with E-state index in [4.69, 9.17) is 11.6 Å². The van der Waals surface area contributed by atoms with Crippen LogP contribution >= 0.6 is 11.6 Å². The SMILES string of the molecule is CCCC(CCC)n1nc(C)cc1Cl. The highest BCUT2D eigenvalue weighted by Crippen LogP contribution is 2.24. The van der Waals surface area contributed by atoms with Crippen LogP contribution in [0.4, 0.5) is 0 Å². The average Bonchev–Trinajstić information content (AvgIpc) is 2.45. The zero-order valence-electron chi connectivity index (χ0n) is 9.26. The summed E-state index contributed by atoms with van der Waals surface area (Å²) in [6.45, 7) is 6.39. The lowest BCUT2D eigenvalue weighted by molar-refractivity contribution is 0.391. The van der Waals surface area contributed by atoms with Gasteiger partial charge in [0.25, 0.3) is 0 Å². The highest BCUT2D eigenvalue weighted by atomic mass is 35.5. The Morgan fingerprint density at radius 3 is 2.29 bits per heavy atom. The van der Waals surface area contributed by atoms with Crippen LogP contribution in [0.15, 0.2) is 6.07 Å². The minimum atomic E-state index is 0.478. The number of rotatable bonds is 5. The van der Waals surface area contributed by atoms with E-state index in [2.05, 4.69) is 18.9 Å². The van der Waals surface area contributed by atoms with E-state index in [1.165, 1.54) is 12.8 Å². The van der Waals surface area contributed by atoms with Crippen LogP contribution in [0.3, 0.4) is 0 Å². The second-order valence-electron chi connectivity index (χ2n) is 3.78. The van der Waals surface area contributed by atoms with Gasteiger partial charge in [0, 0.05) is 0 Å². The molecule has 0 fully saturated rings. The minimum absolute atomic E-state index is 0.478. The summed E-state index contributed by atoms with van der Waals surface area (Å²) in [5.41, 5.74) is 1.01. The first-order valence-electron chi connectivity index (χ1n) is 5.40. The van der Waals surface area contributed by atoms with Gasteiger partial charge in [-0.25, -0.2) is 0 Å². The van der Waals surface area contributed by atoms with Gasteiger partial charge in [0.2, 0.25) is 0 Å². The fourth-order valence-electron chi connectivity index (χ4n) is 1.80. The Morgan fingerprint density at radius 1 is 1.36 bits per heavy atom. The average molecular weight is 215 g/mol. The standard InChI is InChI=1S/C11H19ClN2/c1-4-6-10(7-5-2)14-11(12)8-9(3)13-14/h8,10H,4-7H2,1-3H3. The van der Waals surface area contributed by atoms with Crippen LogP contribution in [0.5, 0.6) is 0 Å². The zero-order valence-corrected chi connectivity index (χ0v) is 10.0. The van der Waals surface area contributed by atoms with E-state index in [0.29, 0.717) is 6.04 Å². The van der Waals surface area contributed by atoms with Crippen molar-refractivity contribution in [2.75, 3.05) is 0 Å². The maximum absolute atomic E-state index is 6.11. The summed E-state index contributed by atoms with van der Waals surface area (Å²) in [5, 5.41) is 5.21. The number of halogens is 1. The van der Waals surface area contributed by atoms with Crippen molar-refractivity contribution in [1.29, 1.82) is 0 Å². The predicted octanol–water partition coefficient (Wildman–Crippen LogP) is 3.99. The molecular weight excluding hydrogens is 196 g/mol. The van der Waals surface area contributed by atoms with Crippen molar-refractivity contribution >= 4 is 11.6 Å². The largest absolute Gasteiger partial charge is 0.251 e. The van der Waals surface area contributed by atoms with E-state index in [1.54, 1.807) is 0 Å². The minimum Gasteiger partial charge on any atom is -0.251 e. The third kappa shape index (κ3) is 2.74. The topological polar surface area (TPSA) is 17.8 Å². The molecule has 0 aliphatic rings. The summed E-state index contributed by atoms with van der Waals surface area (Å²) in [6, 6.07) is 2.41.